The molecule has 3 saturated heterocycles. The number of pyridine rings is 1. The van der Waals surface area contributed by atoms with Crippen LogP contribution in [0.1, 0.15) is 48.9 Å². The molecule has 10 heteroatoms. The number of allylic oxidation sites excluding steroid dienone is 2. The summed E-state index contributed by atoms with van der Waals surface area (Å²) in [6.45, 7) is 0.921. The molecule has 4 heterocycles. The molecule has 0 radical (unpaired) electrons. The van der Waals surface area contributed by atoms with E-state index in [0.717, 1.165) is 38.5 Å². The van der Waals surface area contributed by atoms with E-state index in [1.165, 1.54) is 12.3 Å². The SMILES string of the molecule is O=C(OCC1OC2CC/C=C/CCC2O1)N1CC2CCC(C1)N2C(=O)c1ccc(SF)nc1. The average Bonchev–Trinajstić information content (AvgIpc) is 3.32. The number of hydrogen-bond acceptors (Lipinski definition) is 7. The number of amides is 2. The molecule has 0 N–H and O–H groups in total. The van der Waals surface area contributed by atoms with E-state index >= 15 is 0 Å². The molecule has 3 aliphatic heterocycles. The lowest BCUT2D eigenvalue weighted by Crippen LogP contribution is -2.57. The number of likely N-dealkylation sites (tertiary alicyclic amines) is 1. The van der Waals surface area contributed by atoms with Crippen LogP contribution >= 0.6 is 12.1 Å². The van der Waals surface area contributed by atoms with Crippen LogP contribution in [0.15, 0.2) is 35.5 Å². The topological polar surface area (TPSA) is 81.2 Å². The van der Waals surface area contributed by atoms with Crippen molar-refractivity contribution in [3.8, 4) is 0 Å². The smallest absolute Gasteiger partial charge is 0.410 e. The molecule has 5 rings (SSSR count). The number of nitrogens with zero attached hydrogens (tertiary/aromatic N) is 3. The third-order valence-corrected chi connectivity index (χ3v) is 7.25. The molecule has 0 spiro atoms. The molecule has 1 aromatic heterocycles. The molecule has 1 aromatic rings. The third kappa shape index (κ3) is 4.88. The van der Waals surface area contributed by atoms with Crippen LogP contribution in [0.4, 0.5) is 8.68 Å². The van der Waals surface area contributed by atoms with Crippen molar-refractivity contribution in [2.75, 3.05) is 19.7 Å². The highest BCUT2D eigenvalue weighted by Gasteiger charge is 2.45. The zero-order chi connectivity index (χ0) is 22.8. The van der Waals surface area contributed by atoms with E-state index in [2.05, 4.69) is 17.1 Å². The molecule has 178 valence electrons. The summed E-state index contributed by atoms with van der Waals surface area (Å²) in [6.07, 6.45) is 10.4. The van der Waals surface area contributed by atoms with Gasteiger partial charge in [-0.2, -0.15) is 3.89 Å². The summed E-state index contributed by atoms with van der Waals surface area (Å²) in [7, 11) is 0. The highest BCUT2D eigenvalue weighted by molar-refractivity contribution is 7.94. The Morgan fingerprint density at radius 1 is 1.06 bits per heavy atom. The molecule has 2 bridgehead atoms. The summed E-state index contributed by atoms with van der Waals surface area (Å²) in [6, 6.07) is 2.95. The van der Waals surface area contributed by atoms with E-state index in [9.17, 15) is 13.5 Å². The second-order valence-electron chi connectivity index (χ2n) is 8.95. The number of piperazine rings is 1. The Hall–Kier alpha value is -2.17. The van der Waals surface area contributed by atoms with Gasteiger partial charge in [-0.3, -0.25) is 4.79 Å². The van der Waals surface area contributed by atoms with Crippen molar-refractivity contribution in [1.29, 1.82) is 0 Å². The second-order valence-corrected chi connectivity index (χ2v) is 9.52. The first-order valence-electron chi connectivity index (χ1n) is 11.6. The van der Waals surface area contributed by atoms with Crippen LogP contribution in [-0.2, 0) is 14.2 Å². The first kappa shape index (κ1) is 22.6. The van der Waals surface area contributed by atoms with Gasteiger partial charge < -0.3 is 24.0 Å². The van der Waals surface area contributed by atoms with Crippen molar-refractivity contribution in [2.24, 2.45) is 0 Å². The summed E-state index contributed by atoms with van der Waals surface area (Å²) in [5.41, 5.74) is 0.430. The number of halogens is 1. The van der Waals surface area contributed by atoms with Gasteiger partial charge in [0.05, 0.1) is 29.9 Å². The number of hydrogen-bond donors (Lipinski definition) is 0. The third-order valence-electron chi connectivity index (χ3n) is 6.85. The summed E-state index contributed by atoms with van der Waals surface area (Å²) in [4.78, 5) is 33.2. The lowest BCUT2D eigenvalue weighted by Gasteiger charge is -2.40. The molecule has 4 unspecified atom stereocenters. The molecule has 1 aliphatic carbocycles. The van der Waals surface area contributed by atoms with Crippen molar-refractivity contribution in [1.82, 2.24) is 14.8 Å². The van der Waals surface area contributed by atoms with Gasteiger partial charge in [0.15, 0.2) is 6.29 Å². The van der Waals surface area contributed by atoms with Gasteiger partial charge in [-0.05, 0) is 50.7 Å². The van der Waals surface area contributed by atoms with Crippen LogP contribution in [0.3, 0.4) is 0 Å². The first-order chi connectivity index (χ1) is 16.1. The molecule has 33 heavy (non-hydrogen) atoms. The Labute approximate surface area is 196 Å². The van der Waals surface area contributed by atoms with E-state index in [1.54, 1.807) is 11.0 Å². The predicted molar refractivity (Wildman–Crippen MR) is 118 cm³/mol. The molecule has 8 nitrogen and oxygen atoms in total. The zero-order valence-electron chi connectivity index (χ0n) is 18.3. The van der Waals surface area contributed by atoms with Crippen LogP contribution in [0.5, 0.6) is 0 Å². The Balaban J connectivity index is 1.13. The fourth-order valence-electron chi connectivity index (χ4n) is 5.26. The maximum Gasteiger partial charge on any atom is 0.410 e. The summed E-state index contributed by atoms with van der Waals surface area (Å²) in [5, 5.41) is 0.222. The number of aromatic nitrogens is 1. The standard InChI is InChI=1S/C23H28FN3O5S/c24-33-20-10-7-15(11-25-20)22(28)27-16-8-9-17(27)13-26(12-16)23(29)30-14-21-31-18-5-3-1-2-4-6-19(18)32-21/h1-2,7,10-11,16-19,21H,3-6,8-9,12-14H2/b2-1+. The molecule has 2 amide bonds. The minimum atomic E-state index is -0.528. The molecule has 4 atom stereocenters. The monoisotopic (exact) mass is 477 g/mol. The first-order valence-corrected chi connectivity index (χ1v) is 12.3. The highest BCUT2D eigenvalue weighted by Crippen LogP contribution is 2.33. The van der Waals surface area contributed by atoms with Gasteiger partial charge in [0.25, 0.3) is 5.91 Å². The van der Waals surface area contributed by atoms with Crippen LogP contribution < -0.4 is 0 Å². The zero-order valence-corrected chi connectivity index (χ0v) is 19.1. The van der Waals surface area contributed by atoms with Crippen molar-refractivity contribution in [3.63, 3.8) is 0 Å². The van der Waals surface area contributed by atoms with Gasteiger partial charge >= 0.3 is 6.09 Å². The number of fused-ring (bicyclic) bond motifs is 3. The van der Waals surface area contributed by atoms with Gasteiger partial charge in [-0.1, -0.05) is 12.2 Å². The van der Waals surface area contributed by atoms with E-state index in [4.69, 9.17) is 14.2 Å². The molecule has 4 aliphatic rings. The van der Waals surface area contributed by atoms with Crippen molar-refractivity contribution < 1.29 is 27.7 Å². The van der Waals surface area contributed by atoms with Gasteiger partial charge in [-0.25, -0.2) is 9.78 Å². The minimum Gasteiger partial charge on any atom is -0.444 e. The van der Waals surface area contributed by atoms with E-state index in [0.29, 0.717) is 18.7 Å². The van der Waals surface area contributed by atoms with Gasteiger partial charge in [-0.15, -0.1) is 0 Å². The lowest BCUT2D eigenvalue weighted by atomic mass is 10.0. The van der Waals surface area contributed by atoms with Crippen molar-refractivity contribution >= 4 is 24.1 Å². The van der Waals surface area contributed by atoms with E-state index < -0.39 is 12.4 Å². The molecule has 3 fully saturated rings. The molecular formula is C23H28FN3O5S. The lowest BCUT2D eigenvalue weighted by molar-refractivity contribution is -0.102. The molecule has 0 saturated carbocycles. The minimum absolute atomic E-state index is 0.0482. The van der Waals surface area contributed by atoms with Crippen LogP contribution in [0.25, 0.3) is 0 Å². The highest BCUT2D eigenvalue weighted by atomic mass is 32.2. The van der Waals surface area contributed by atoms with Crippen LogP contribution in [0.2, 0.25) is 0 Å². The number of carbonyl (C=O) groups is 2. The normalized spacial score (nSPS) is 32.1. The fourth-order valence-corrected chi connectivity index (χ4v) is 5.47. The average molecular weight is 478 g/mol. The van der Waals surface area contributed by atoms with E-state index in [1.807, 2.05) is 4.90 Å². The Bertz CT molecular complexity index is 869. The summed E-state index contributed by atoms with van der Waals surface area (Å²) in [5.74, 6) is -0.130. The van der Waals surface area contributed by atoms with E-state index in [-0.39, 0.29) is 54.0 Å². The quantitative estimate of drug-likeness (QED) is 0.612. The maximum absolute atomic E-state index is 13.0. The van der Waals surface area contributed by atoms with Crippen molar-refractivity contribution in [2.45, 2.75) is 74.1 Å². The maximum atomic E-state index is 13.0. The number of carbonyl (C=O) groups excluding carboxylic acids is 2. The van der Waals surface area contributed by atoms with Gasteiger partial charge in [0.2, 0.25) is 0 Å². The van der Waals surface area contributed by atoms with Crippen molar-refractivity contribution in [3.05, 3.63) is 36.0 Å². The molecule has 0 aromatic carbocycles. The fraction of sp³-hybridized carbons (Fsp3) is 0.609. The number of rotatable bonds is 4. The second kappa shape index (κ2) is 9.99. The Morgan fingerprint density at radius 2 is 1.73 bits per heavy atom. The van der Waals surface area contributed by atoms with Crippen LogP contribution in [-0.4, -0.2) is 77.1 Å². The molecular weight excluding hydrogens is 449 g/mol. The summed E-state index contributed by atoms with van der Waals surface area (Å²) >= 11 is 0.0482. The Morgan fingerprint density at radius 3 is 2.30 bits per heavy atom. The largest absolute Gasteiger partial charge is 0.444 e. The summed E-state index contributed by atoms with van der Waals surface area (Å²) < 4.78 is 30.1. The predicted octanol–water partition coefficient (Wildman–Crippen LogP) is 3.72. The van der Waals surface area contributed by atoms with Crippen LogP contribution in [0, 0.1) is 0 Å². The Kier molecular flexibility index (Phi) is 6.84. The van der Waals surface area contributed by atoms with Gasteiger partial charge in [0, 0.05) is 19.3 Å². The van der Waals surface area contributed by atoms with Gasteiger partial charge in [0.1, 0.15) is 23.8 Å². The number of ether oxygens (including phenoxy) is 3.